The first-order valence-electron chi connectivity index (χ1n) is 10.7. The van der Waals surface area contributed by atoms with Gasteiger partial charge in [-0.3, -0.25) is 14.4 Å². The highest BCUT2D eigenvalue weighted by Gasteiger charge is 2.44. The summed E-state index contributed by atoms with van der Waals surface area (Å²) in [7, 11) is 0. The summed E-state index contributed by atoms with van der Waals surface area (Å²) >= 11 is 1.39. The molecule has 3 N–H and O–H groups in total. The van der Waals surface area contributed by atoms with E-state index in [2.05, 4.69) is 20.8 Å². The zero-order valence-corrected chi connectivity index (χ0v) is 18.7. The Bertz CT molecular complexity index is 1030. The summed E-state index contributed by atoms with van der Waals surface area (Å²) in [4.78, 5) is 53.6. The van der Waals surface area contributed by atoms with Gasteiger partial charge in [0.25, 0.3) is 11.8 Å². The third-order valence-electron chi connectivity index (χ3n) is 6.02. The number of thiophene rings is 1. The van der Waals surface area contributed by atoms with E-state index in [0.717, 1.165) is 6.07 Å². The minimum atomic E-state index is -1.14. The summed E-state index contributed by atoms with van der Waals surface area (Å²) < 4.78 is 0. The number of rotatable bonds is 5. The second-order valence-corrected chi connectivity index (χ2v) is 9.04. The molecular weight excluding hydrogens is 450 g/mol. The van der Waals surface area contributed by atoms with Gasteiger partial charge in [-0.1, -0.05) is 11.2 Å². The number of H-pyrrole nitrogens is 1. The average molecular weight is 476 g/mol. The van der Waals surface area contributed by atoms with Gasteiger partial charge in [0.05, 0.1) is 10.9 Å². The molecule has 2 fully saturated rings. The number of nitro groups is 1. The van der Waals surface area contributed by atoms with E-state index < -0.39 is 22.2 Å². The van der Waals surface area contributed by atoms with Gasteiger partial charge in [0, 0.05) is 26.2 Å². The van der Waals surface area contributed by atoms with E-state index >= 15 is 0 Å². The number of hydrogen-bond donors (Lipinski definition) is 3. The van der Waals surface area contributed by atoms with Gasteiger partial charge >= 0.3 is 5.82 Å². The monoisotopic (exact) mass is 475 g/mol. The molecule has 4 heterocycles. The standard InChI is InChI=1S/C20H25N7O5S/c28-17(14-13-16(24-23-14)27(31)32)22-20(4-6-21-7-5-20)19(30)26-9-2-8-25(10-11-26)18(29)15-3-1-12-33-15/h1,3,12-13,21H,2,4-11H2,(H,22,28)(H,23,24). The van der Waals surface area contributed by atoms with Crippen molar-refractivity contribution in [2.45, 2.75) is 24.8 Å². The number of nitrogens with zero attached hydrogens (tertiary/aromatic N) is 4. The molecule has 4 rings (SSSR count). The fourth-order valence-electron chi connectivity index (χ4n) is 4.23. The lowest BCUT2D eigenvalue weighted by atomic mass is 9.86. The second-order valence-electron chi connectivity index (χ2n) is 8.10. The van der Waals surface area contributed by atoms with Crippen LogP contribution in [-0.2, 0) is 4.79 Å². The van der Waals surface area contributed by atoms with Crippen LogP contribution in [0.25, 0.3) is 0 Å². The topological polar surface area (TPSA) is 154 Å². The maximum absolute atomic E-state index is 13.7. The summed E-state index contributed by atoms with van der Waals surface area (Å²) in [6, 6.07) is 4.68. The smallest absolute Gasteiger partial charge is 0.343 e. The number of aromatic amines is 1. The summed E-state index contributed by atoms with van der Waals surface area (Å²) in [6.07, 6.45) is 1.41. The van der Waals surface area contributed by atoms with E-state index in [1.54, 1.807) is 15.9 Å². The maximum atomic E-state index is 13.7. The van der Waals surface area contributed by atoms with E-state index in [0.29, 0.717) is 63.4 Å². The molecule has 0 spiro atoms. The van der Waals surface area contributed by atoms with Crippen molar-refractivity contribution < 1.29 is 19.3 Å². The molecule has 3 amide bonds. The molecule has 0 aliphatic carbocycles. The van der Waals surface area contributed by atoms with Crippen molar-refractivity contribution in [1.82, 2.24) is 30.6 Å². The average Bonchev–Trinajstić information content (AvgIpc) is 3.47. The van der Waals surface area contributed by atoms with Crippen LogP contribution < -0.4 is 10.6 Å². The van der Waals surface area contributed by atoms with Gasteiger partial charge in [-0.2, -0.15) is 0 Å². The van der Waals surface area contributed by atoms with Crippen molar-refractivity contribution >= 4 is 34.9 Å². The highest BCUT2D eigenvalue weighted by Crippen LogP contribution is 2.24. The first kappa shape index (κ1) is 22.9. The number of nitrogens with one attached hydrogen (secondary N) is 3. The predicted molar refractivity (Wildman–Crippen MR) is 119 cm³/mol. The van der Waals surface area contributed by atoms with Crippen LogP contribution in [0, 0.1) is 10.1 Å². The van der Waals surface area contributed by atoms with Gasteiger partial charge < -0.3 is 30.5 Å². The Labute approximate surface area is 193 Å². The van der Waals surface area contributed by atoms with Crippen molar-refractivity contribution in [3.63, 3.8) is 0 Å². The van der Waals surface area contributed by atoms with Crippen LogP contribution in [0.5, 0.6) is 0 Å². The van der Waals surface area contributed by atoms with Crippen LogP contribution in [0.3, 0.4) is 0 Å². The van der Waals surface area contributed by atoms with Crippen LogP contribution in [-0.4, -0.2) is 87.4 Å². The Morgan fingerprint density at radius 3 is 2.55 bits per heavy atom. The van der Waals surface area contributed by atoms with Gasteiger partial charge in [-0.25, -0.2) is 0 Å². The first-order valence-corrected chi connectivity index (χ1v) is 11.6. The fraction of sp³-hybridized carbons (Fsp3) is 0.500. The van der Waals surface area contributed by atoms with Crippen LogP contribution >= 0.6 is 11.3 Å². The van der Waals surface area contributed by atoms with Crippen LogP contribution in [0.1, 0.15) is 39.4 Å². The SMILES string of the molecule is O=C(NC1(C(=O)N2CCCN(C(=O)c3cccs3)CC2)CCNCC1)c1cc([N+](=O)[O-])[nH]n1. The van der Waals surface area contributed by atoms with Crippen molar-refractivity contribution in [1.29, 1.82) is 0 Å². The summed E-state index contributed by atoms with van der Waals surface area (Å²) in [5, 5.41) is 24.7. The van der Waals surface area contributed by atoms with E-state index in [1.807, 2.05) is 11.4 Å². The molecule has 2 aromatic heterocycles. The second kappa shape index (κ2) is 9.67. The molecule has 12 nitrogen and oxygen atoms in total. The van der Waals surface area contributed by atoms with Crippen molar-refractivity contribution in [2.24, 2.45) is 0 Å². The van der Waals surface area contributed by atoms with Crippen molar-refractivity contribution in [2.75, 3.05) is 39.3 Å². The number of carbonyl (C=O) groups is 3. The zero-order valence-electron chi connectivity index (χ0n) is 17.9. The third kappa shape index (κ3) is 4.88. The molecule has 0 unspecified atom stereocenters. The summed E-state index contributed by atoms with van der Waals surface area (Å²) in [5.41, 5.74) is -1.28. The van der Waals surface area contributed by atoms with Gasteiger partial charge in [-0.15, -0.1) is 16.4 Å². The predicted octanol–water partition coefficient (Wildman–Crippen LogP) is 0.606. The Hall–Kier alpha value is -3.32. The molecule has 0 saturated carbocycles. The van der Waals surface area contributed by atoms with Gasteiger partial charge in [0.1, 0.15) is 5.54 Å². The molecule has 0 atom stereocenters. The Balaban J connectivity index is 1.47. The fourth-order valence-corrected chi connectivity index (χ4v) is 4.92. The maximum Gasteiger partial charge on any atom is 0.343 e. The van der Waals surface area contributed by atoms with Crippen molar-refractivity contribution in [3.05, 3.63) is 44.3 Å². The number of amides is 3. The van der Waals surface area contributed by atoms with Gasteiger partial charge in [-0.05, 0) is 48.7 Å². The molecule has 2 aromatic rings. The van der Waals surface area contributed by atoms with Gasteiger partial charge in [0.2, 0.25) is 5.91 Å². The van der Waals surface area contributed by atoms with E-state index in [1.165, 1.54) is 11.3 Å². The lowest BCUT2D eigenvalue weighted by Crippen LogP contribution is -2.63. The summed E-state index contributed by atoms with van der Waals surface area (Å²) in [6.45, 7) is 2.91. The molecule has 0 aromatic carbocycles. The Morgan fingerprint density at radius 1 is 1.15 bits per heavy atom. The number of carbonyl (C=O) groups excluding carboxylic acids is 3. The molecule has 176 valence electrons. The Morgan fingerprint density at radius 2 is 1.88 bits per heavy atom. The highest BCUT2D eigenvalue weighted by molar-refractivity contribution is 7.12. The number of aromatic nitrogens is 2. The molecule has 13 heteroatoms. The molecular formula is C20H25N7O5S. The minimum absolute atomic E-state index is 0.0377. The van der Waals surface area contributed by atoms with Crippen LogP contribution in [0.4, 0.5) is 5.82 Å². The normalized spacial score (nSPS) is 18.4. The Kier molecular flexibility index (Phi) is 6.70. The van der Waals surface area contributed by atoms with Crippen molar-refractivity contribution in [3.8, 4) is 0 Å². The summed E-state index contributed by atoms with van der Waals surface area (Å²) in [5.74, 6) is -1.27. The first-order chi connectivity index (χ1) is 15.9. The third-order valence-corrected chi connectivity index (χ3v) is 6.87. The van der Waals surface area contributed by atoms with Crippen LogP contribution in [0.15, 0.2) is 23.6 Å². The zero-order chi connectivity index (χ0) is 23.4. The molecule has 2 aliphatic heterocycles. The lowest BCUT2D eigenvalue weighted by molar-refractivity contribution is -0.389. The molecule has 0 radical (unpaired) electrons. The molecule has 2 saturated heterocycles. The number of hydrogen-bond acceptors (Lipinski definition) is 8. The highest BCUT2D eigenvalue weighted by atomic mass is 32.1. The van der Waals surface area contributed by atoms with Gasteiger partial charge in [0.15, 0.2) is 5.69 Å². The van der Waals surface area contributed by atoms with Crippen LogP contribution in [0.2, 0.25) is 0 Å². The molecule has 2 aliphatic rings. The van der Waals surface area contributed by atoms with E-state index in [-0.39, 0.29) is 17.5 Å². The quantitative estimate of drug-likeness (QED) is 0.423. The molecule has 0 bridgehead atoms. The number of piperidine rings is 1. The lowest BCUT2D eigenvalue weighted by Gasteiger charge is -2.40. The van der Waals surface area contributed by atoms with E-state index in [9.17, 15) is 24.5 Å². The largest absolute Gasteiger partial charge is 0.358 e. The minimum Gasteiger partial charge on any atom is -0.358 e. The van der Waals surface area contributed by atoms with E-state index in [4.69, 9.17) is 0 Å². The molecule has 33 heavy (non-hydrogen) atoms.